The number of aliphatic carboxylic acids is 1. The van der Waals surface area contributed by atoms with E-state index in [1.165, 1.54) is 0 Å². The van der Waals surface area contributed by atoms with Crippen molar-refractivity contribution in [3.8, 4) is 0 Å². The third-order valence-corrected chi connectivity index (χ3v) is 5.65. The Balaban J connectivity index is 2.29. The number of hydrogen-bond acceptors (Lipinski definition) is 9. The molecule has 15 nitrogen and oxygen atoms in total. The Kier molecular flexibility index (Phi) is 10.2. The largest absolute Gasteiger partial charge is 0.481 e. The van der Waals surface area contributed by atoms with Crippen LogP contribution in [0.4, 0.5) is 0 Å². The predicted octanol–water partition coefficient (Wildman–Crippen LogP) is -4.49. The van der Waals surface area contributed by atoms with Crippen molar-refractivity contribution in [1.82, 2.24) is 31.5 Å². The van der Waals surface area contributed by atoms with E-state index in [1.54, 1.807) is 6.92 Å². The van der Waals surface area contributed by atoms with Gasteiger partial charge in [-0.1, -0.05) is 6.58 Å². The maximum atomic E-state index is 12.7. The van der Waals surface area contributed by atoms with Crippen molar-refractivity contribution in [2.45, 2.75) is 56.5 Å². The van der Waals surface area contributed by atoms with Gasteiger partial charge >= 0.3 is 5.97 Å². The third-order valence-electron chi connectivity index (χ3n) is 5.65. The number of amides is 5. The number of carbonyl (C=O) groups is 6. The van der Waals surface area contributed by atoms with E-state index in [1.807, 2.05) is 0 Å². The van der Waals surface area contributed by atoms with Gasteiger partial charge in [0, 0.05) is 12.2 Å². The van der Waals surface area contributed by atoms with Crippen LogP contribution in [0.3, 0.4) is 0 Å². The minimum atomic E-state index is -1.59. The highest BCUT2D eigenvalue weighted by molar-refractivity contribution is 6.00. The molecule has 0 radical (unpaired) electrons. The summed E-state index contributed by atoms with van der Waals surface area (Å²) in [5.74, 6) is -5.52. The molecule has 36 heavy (non-hydrogen) atoms. The predicted molar refractivity (Wildman–Crippen MR) is 122 cm³/mol. The molecule has 0 aromatic rings. The second-order valence-electron chi connectivity index (χ2n) is 8.60. The molecule has 3 fully saturated rings. The number of nitrogens with one attached hydrogen (secondary N) is 5. The van der Waals surface area contributed by atoms with E-state index in [2.05, 4.69) is 33.2 Å². The van der Waals surface area contributed by atoms with E-state index in [-0.39, 0.29) is 6.42 Å². The summed E-state index contributed by atoms with van der Waals surface area (Å²) in [7, 11) is 0. The minimum absolute atomic E-state index is 0.167. The summed E-state index contributed by atoms with van der Waals surface area (Å²) in [6.45, 7) is 3.94. The highest BCUT2D eigenvalue weighted by atomic mass is 16.4. The topological polar surface area (TPSA) is 226 Å². The van der Waals surface area contributed by atoms with Crippen LogP contribution in [0.15, 0.2) is 12.3 Å². The third kappa shape index (κ3) is 7.64. The molecule has 5 atom stereocenters. The van der Waals surface area contributed by atoms with Gasteiger partial charge in [-0.05, 0) is 19.8 Å². The number of rotatable bonds is 9. The molecule has 3 aliphatic heterocycles. The summed E-state index contributed by atoms with van der Waals surface area (Å²) in [6.07, 6.45) is -1.74. The summed E-state index contributed by atoms with van der Waals surface area (Å²) in [5.41, 5.74) is 0.709. The first-order valence-electron chi connectivity index (χ1n) is 11.3. The molecule has 0 saturated carbocycles. The van der Waals surface area contributed by atoms with Gasteiger partial charge in [0.1, 0.15) is 24.7 Å². The number of carboxylic acids is 1. The fourth-order valence-electron chi connectivity index (χ4n) is 3.88. The summed E-state index contributed by atoms with van der Waals surface area (Å²) < 4.78 is 0. The van der Waals surface area contributed by atoms with Crippen molar-refractivity contribution in [1.29, 1.82) is 0 Å². The van der Waals surface area contributed by atoms with Crippen LogP contribution < -0.4 is 26.6 Å². The standard InChI is InChI=1S/C21H32N6O9/c1-10(2)22-5-3-4-11-19(34)23-7-14(30)25-12(6-16(32)33)20(35)26-17-18(13(29)9-28)27(21(17)36)8-15(31)24-11/h11-13,17-18,22,28-29H,1,3-9H2,2H3,(H,23,34)(H,24,31)(H,25,30)(H,26,35)(H,32,33)/t11-,12-,13+,17-,18+/m0/s1. The normalized spacial score (nSPS) is 26.2. The molecule has 3 rings (SSSR count). The lowest BCUT2D eigenvalue weighted by molar-refractivity contribution is -0.164. The number of carbonyl (C=O) groups excluding carboxylic acids is 5. The lowest BCUT2D eigenvalue weighted by Gasteiger charge is -2.48. The van der Waals surface area contributed by atoms with Gasteiger partial charge < -0.3 is 46.8 Å². The molecule has 5 amide bonds. The molecule has 8 N–H and O–H groups in total. The molecule has 0 unspecified atom stereocenters. The van der Waals surface area contributed by atoms with Gasteiger partial charge in [-0.25, -0.2) is 0 Å². The van der Waals surface area contributed by atoms with E-state index < -0.39 is 91.9 Å². The molecule has 3 heterocycles. The van der Waals surface area contributed by atoms with Crippen molar-refractivity contribution < 1.29 is 44.1 Å². The zero-order valence-corrected chi connectivity index (χ0v) is 19.8. The minimum Gasteiger partial charge on any atom is -0.481 e. The van der Waals surface area contributed by atoms with Crippen LogP contribution in [0.5, 0.6) is 0 Å². The Morgan fingerprint density at radius 2 is 1.78 bits per heavy atom. The fraction of sp³-hybridized carbons (Fsp3) is 0.619. The van der Waals surface area contributed by atoms with Crippen LogP contribution in [0.2, 0.25) is 0 Å². The van der Waals surface area contributed by atoms with E-state index in [9.17, 15) is 39.0 Å². The average Bonchev–Trinajstić information content (AvgIpc) is 2.81. The van der Waals surface area contributed by atoms with Crippen LogP contribution in [0.25, 0.3) is 0 Å². The maximum absolute atomic E-state index is 12.7. The number of fused-ring (bicyclic) bond motifs is 11. The Morgan fingerprint density at radius 3 is 2.39 bits per heavy atom. The van der Waals surface area contributed by atoms with Crippen molar-refractivity contribution in [3.05, 3.63) is 12.3 Å². The highest BCUT2D eigenvalue weighted by Gasteiger charge is 2.52. The van der Waals surface area contributed by atoms with Crippen molar-refractivity contribution >= 4 is 35.5 Å². The van der Waals surface area contributed by atoms with Crippen LogP contribution in [-0.4, -0.2) is 112 Å². The molecule has 3 aliphatic rings. The second-order valence-corrected chi connectivity index (χ2v) is 8.60. The molecular weight excluding hydrogens is 480 g/mol. The van der Waals surface area contributed by atoms with Gasteiger partial charge in [-0.3, -0.25) is 28.8 Å². The first kappa shape index (κ1) is 28.5. The fourth-order valence-corrected chi connectivity index (χ4v) is 3.88. The summed E-state index contributed by atoms with van der Waals surface area (Å²) >= 11 is 0. The van der Waals surface area contributed by atoms with Crippen molar-refractivity contribution in [3.63, 3.8) is 0 Å². The first-order chi connectivity index (χ1) is 16.9. The number of carboxylic acid groups (broad SMARTS) is 1. The number of aliphatic hydroxyl groups excluding tert-OH is 2. The van der Waals surface area contributed by atoms with Gasteiger partial charge in [-0.2, -0.15) is 0 Å². The Hall–Kier alpha value is -3.72. The summed E-state index contributed by atoms with van der Waals surface area (Å²) in [6, 6.07) is -5.23. The Bertz CT molecular complexity index is 910. The molecule has 0 spiro atoms. The first-order valence-corrected chi connectivity index (χ1v) is 11.3. The van der Waals surface area contributed by atoms with Gasteiger partial charge in [-0.15, -0.1) is 0 Å². The zero-order valence-electron chi connectivity index (χ0n) is 19.8. The van der Waals surface area contributed by atoms with Crippen LogP contribution in [0.1, 0.15) is 26.2 Å². The van der Waals surface area contributed by atoms with E-state index >= 15 is 0 Å². The van der Waals surface area contributed by atoms with Gasteiger partial charge in [0.05, 0.1) is 31.7 Å². The molecule has 0 aliphatic carbocycles. The molecule has 0 aromatic heterocycles. The lowest BCUT2D eigenvalue weighted by Crippen LogP contribution is -2.76. The maximum Gasteiger partial charge on any atom is 0.305 e. The lowest BCUT2D eigenvalue weighted by atomic mass is 9.89. The molecule has 200 valence electrons. The van der Waals surface area contributed by atoms with E-state index in [0.717, 1.165) is 4.90 Å². The van der Waals surface area contributed by atoms with Crippen LogP contribution in [-0.2, 0) is 28.8 Å². The van der Waals surface area contributed by atoms with Crippen molar-refractivity contribution in [2.24, 2.45) is 0 Å². The van der Waals surface area contributed by atoms with Gasteiger partial charge in [0.2, 0.25) is 29.5 Å². The number of nitrogens with zero attached hydrogens (tertiary/aromatic N) is 1. The SMILES string of the molecule is C=C(C)NCCC[C@@H]1NC(=O)CN2C(=O)[C@@H](NC(=O)[C@H](CC(=O)O)NC(=O)CNC1=O)[C@H]2[C@H](O)CO. The number of aliphatic hydroxyl groups is 2. The average molecular weight is 513 g/mol. The second kappa shape index (κ2) is 12.8. The monoisotopic (exact) mass is 512 g/mol. The number of hydrogen-bond donors (Lipinski definition) is 8. The number of β-lactam (4-membered cyclic amide) rings is 1. The van der Waals surface area contributed by atoms with Crippen LogP contribution in [0, 0.1) is 0 Å². The quantitative estimate of drug-likeness (QED) is 0.0839. The molecule has 15 heteroatoms. The van der Waals surface area contributed by atoms with E-state index in [0.29, 0.717) is 18.7 Å². The Labute approximate surface area is 206 Å². The molecule has 3 saturated heterocycles. The van der Waals surface area contributed by atoms with Crippen molar-refractivity contribution in [2.75, 3.05) is 26.2 Å². The molecule has 0 aromatic carbocycles. The highest BCUT2D eigenvalue weighted by Crippen LogP contribution is 2.23. The number of allylic oxidation sites excluding steroid dienone is 1. The van der Waals surface area contributed by atoms with E-state index in [4.69, 9.17) is 5.11 Å². The summed E-state index contributed by atoms with van der Waals surface area (Å²) in [5, 5.41) is 41.0. The zero-order chi connectivity index (χ0) is 27.0. The molecule has 2 bridgehead atoms. The van der Waals surface area contributed by atoms with Gasteiger partial charge in [0.15, 0.2) is 0 Å². The van der Waals surface area contributed by atoms with Gasteiger partial charge in [0.25, 0.3) is 0 Å². The summed E-state index contributed by atoms with van der Waals surface area (Å²) in [4.78, 5) is 75.2. The Morgan fingerprint density at radius 1 is 1.11 bits per heavy atom. The van der Waals surface area contributed by atoms with Crippen LogP contribution >= 0.6 is 0 Å². The molecular formula is C21H32N6O9. The smallest absolute Gasteiger partial charge is 0.305 e.